The van der Waals surface area contributed by atoms with Gasteiger partial charge in [-0.2, -0.15) is 0 Å². The highest BCUT2D eigenvalue weighted by Crippen LogP contribution is 2.22. The molecule has 2 unspecified atom stereocenters. The molecule has 0 bridgehead atoms. The van der Waals surface area contributed by atoms with E-state index in [0.717, 1.165) is 17.7 Å². The molecular weight excluding hydrogens is 330 g/mol. The first-order valence-electron chi connectivity index (χ1n) is 7.75. The topological polar surface area (TPSA) is 67.4 Å². The largest absolute Gasteiger partial charge is 0.456 e. The lowest BCUT2D eigenvalue weighted by Crippen LogP contribution is -2.38. The summed E-state index contributed by atoms with van der Waals surface area (Å²) in [5, 5.41) is 0. The fourth-order valence-corrected chi connectivity index (χ4v) is 2.65. The van der Waals surface area contributed by atoms with Gasteiger partial charge in [0.15, 0.2) is 6.61 Å². The average molecular weight is 346 g/mol. The first-order valence-corrected chi connectivity index (χ1v) is 7.75. The summed E-state index contributed by atoms with van der Waals surface area (Å²) in [6.45, 7) is -0.602. The molecular formula is C18H16F2N2O3. The minimum Gasteiger partial charge on any atom is -0.456 e. The van der Waals surface area contributed by atoms with Crippen LogP contribution in [-0.2, 0) is 9.53 Å². The average Bonchev–Trinajstić information content (AvgIpc) is 3.10. The molecule has 7 heteroatoms. The second-order valence-electron chi connectivity index (χ2n) is 5.70. The highest BCUT2D eigenvalue weighted by molar-refractivity contribution is 5.98. The highest BCUT2D eigenvalue weighted by Gasteiger charge is 2.31. The van der Waals surface area contributed by atoms with E-state index in [0.29, 0.717) is 12.5 Å². The third-order valence-corrected chi connectivity index (χ3v) is 3.97. The number of benzene rings is 2. The van der Waals surface area contributed by atoms with Gasteiger partial charge in [-0.15, -0.1) is 0 Å². The summed E-state index contributed by atoms with van der Waals surface area (Å²) >= 11 is 0. The molecule has 1 saturated heterocycles. The summed E-state index contributed by atoms with van der Waals surface area (Å²) < 4.78 is 31.4. The molecule has 1 aliphatic heterocycles. The van der Waals surface area contributed by atoms with E-state index in [4.69, 9.17) is 4.74 Å². The van der Waals surface area contributed by atoms with Crippen molar-refractivity contribution >= 4 is 11.8 Å². The van der Waals surface area contributed by atoms with Crippen LogP contribution in [0, 0.1) is 11.6 Å². The molecule has 1 fully saturated rings. The molecule has 2 atom stereocenters. The molecule has 2 N–H and O–H groups in total. The van der Waals surface area contributed by atoms with Crippen molar-refractivity contribution in [3.8, 4) is 0 Å². The lowest BCUT2D eigenvalue weighted by atomic mass is 10.0. The van der Waals surface area contributed by atoms with Crippen LogP contribution >= 0.6 is 0 Å². The Morgan fingerprint density at radius 1 is 1.08 bits per heavy atom. The quantitative estimate of drug-likeness (QED) is 0.642. The molecule has 5 nitrogen and oxygen atoms in total. The van der Waals surface area contributed by atoms with Gasteiger partial charge in [-0.05, 0) is 24.1 Å². The van der Waals surface area contributed by atoms with Gasteiger partial charge < -0.3 is 4.74 Å². The Kier molecular flexibility index (Phi) is 5.16. The number of Topliss-reactive ketones (excluding diaryl/α,β-unsaturated/α-hetero) is 1. The summed E-state index contributed by atoms with van der Waals surface area (Å²) in [7, 11) is 0. The summed E-state index contributed by atoms with van der Waals surface area (Å²) in [6, 6.07) is 11.5. The van der Waals surface area contributed by atoms with E-state index in [1.807, 2.05) is 30.3 Å². The number of hydrogen-bond donors (Lipinski definition) is 2. The Balaban J connectivity index is 1.54. The summed E-state index contributed by atoms with van der Waals surface area (Å²) in [5.74, 6) is -3.09. The highest BCUT2D eigenvalue weighted by atomic mass is 19.1. The van der Waals surface area contributed by atoms with Crippen LogP contribution in [0.1, 0.15) is 28.4 Å². The number of halogens is 2. The summed E-state index contributed by atoms with van der Waals surface area (Å²) in [6.07, 6.45) is 0.460. The van der Waals surface area contributed by atoms with Crippen molar-refractivity contribution < 1.29 is 23.1 Å². The fraction of sp³-hybridized carbons (Fsp3) is 0.222. The van der Waals surface area contributed by atoms with Crippen molar-refractivity contribution in [2.45, 2.75) is 18.5 Å². The van der Waals surface area contributed by atoms with E-state index < -0.39 is 36.0 Å². The minimum absolute atomic E-state index is 0.0519. The first-order chi connectivity index (χ1) is 12.0. The molecule has 0 aliphatic carbocycles. The van der Waals surface area contributed by atoms with Crippen LogP contribution in [-0.4, -0.2) is 24.4 Å². The Hall–Kier alpha value is -2.64. The monoisotopic (exact) mass is 346 g/mol. The van der Waals surface area contributed by atoms with E-state index >= 15 is 0 Å². The molecule has 1 heterocycles. The fourth-order valence-electron chi connectivity index (χ4n) is 2.65. The second-order valence-corrected chi connectivity index (χ2v) is 5.70. The van der Waals surface area contributed by atoms with Crippen LogP contribution < -0.4 is 10.9 Å². The van der Waals surface area contributed by atoms with Crippen LogP contribution in [0.5, 0.6) is 0 Å². The van der Waals surface area contributed by atoms with Gasteiger partial charge in [0.2, 0.25) is 5.78 Å². The zero-order valence-corrected chi connectivity index (χ0v) is 13.2. The number of ketones is 1. The van der Waals surface area contributed by atoms with Gasteiger partial charge in [0.05, 0.1) is 5.56 Å². The molecule has 2 aromatic carbocycles. The van der Waals surface area contributed by atoms with E-state index in [2.05, 4.69) is 10.9 Å². The predicted octanol–water partition coefficient (Wildman–Crippen LogP) is 2.30. The molecule has 0 amide bonds. The SMILES string of the molecule is O=C(COC(=O)C1CC(c2ccccc2)NN1)c1ccc(F)cc1F. The smallest absolute Gasteiger partial charge is 0.325 e. The first kappa shape index (κ1) is 17.2. The third kappa shape index (κ3) is 4.07. The van der Waals surface area contributed by atoms with E-state index in [1.165, 1.54) is 0 Å². The molecule has 0 aromatic heterocycles. The molecule has 0 radical (unpaired) electrons. The Morgan fingerprint density at radius 3 is 2.56 bits per heavy atom. The van der Waals surface area contributed by atoms with Crippen LogP contribution in [0.4, 0.5) is 8.78 Å². The lowest BCUT2D eigenvalue weighted by Gasteiger charge is -2.10. The number of rotatable bonds is 5. The standard InChI is InChI=1S/C18H16F2N2O3/c19-12-6-7-13(14(20)8-12)17(23)10-25-18(24)16-9-15(21-22-16)11-4-2-1-3-5-11/h1-8,15-16,21-22H,9-10H2. The zero-order chi connectivity index (χ0) is 17.8. The number of carbonyl (C=O) groups excluding carboxylic acids is 2. The number of esters is 1. The summed E-state index contributed by atoms with van der Waals surface area (Å²) in [4.78, 5) is 24.0. The van der Waals surface area contributed by atoms with Crippen molar-refractivity contribution in [1.29, 1.82) is 0 Å². The molecule has 1 aliphatic rings. The van der Waals surface area contributed by atoms with Gasteiger partial charge in [-0.1, -0.05) is 30.3 Å². The van der Waals surface area contributed by atoms with Crippen molar-refractivity contribution in [3.05, 3.63) is 71.3 Å². The van der Waals surface area contributed by atoms with Crippen LogP contribution in [0.25, 0.3) is 0 Å². The second kappa shape index (κ2) is 7.50. The number of nitrogens with one attached hydrogen (secondary N) is 2. The Bertz CT molecular complexity index is 783. The Labute approximate surface area is 143 Å². The van der Waals surface area contributed by atoms with Crippen molar-refractivity contribution in [3.63, 3.8) is 0 Å². The summed E-state index contributed by atoms with van der Waals surface area (Å²) in [5.41, 5.74) is 6.54. The van der Waals surface area contributed by atoms with Crippen LogP contribution in [0.2, 0.25) is 0 Å². The minimum atomic E-state index is -0.981. The van der Waals surface area contributed by atoms with Crippen LogP contribution in [0.3, 0.4) is 0 Å². The lowest BCUT2D eigenvalue weighted by molar-refractivity contribution is -0.144. The van der Waals surface area contributed by atoms with Crippen molar-refractivity contribution in [1.82, 2.24) is 10.9 Å². The Morgan fingerprint density at radius 2 is 1.84 bits per heavy atom. The maximum atomic E-state index is 13.5. The van der Waals surface area contributed by atoms with Gasteiger partial charge in [-0.25, -0.2) is 19.6 Å². The maximum Gasteiger partial charge on any atom is 0.325 e. The molecule has 0 spiro atoms. The predicted molar refractivity (Wildman–Crippen MR) is 85.5 cm³/mol. The van der Waals surface area contributed by atoms with E-state index in [1.54, 1.807) is 0 Å². The van der Waals surface area contributed by atoms with Gasteiger partial charge >= 0.3 is 5.97 Å². The molecule has 25 heavy (non-hydrogen) atoms. The van der Waals surface area contributed by atoms with E-state index in [-0.39, 0.29) is 11.6 Å². The van der Waals surface area contributed by atoms with Crippen LogP contribution in [0.15, 0.2) is 48.5 Å². The maximum absolute atomic E-state index is 13.5. The third-order valence-electron chi connectivity index (χ3n) is 3.97. The molecule has 2 aromatic rings. The number of carbonyl (C=O) groups is 2. The van der Waals surface area contributed by atoms with Gasteiger partial charge in [0, 0.05) is 12.1 Å². The number of hydrogen-bond acceptors (Lipinski definition) is 5. The molecule has 130 valence electrons. The van der Waals surface area contributed by atoms with Crippen molar-refractivity contribution in [2.24, 2.45) is 0 Å². The number of ether oxygens (including phenoxy) is 1. The van der Waals surface area contributed by atoms with Gasteiger partial charge in [0.25, 0.3) is 0 Å². The normalized spacial score (nSPS) is 19.6. The van der Waals surface area contributed by atoms with E-state index in [9.17, 15) is 18.4 Å². The molecule has 0 saturated carbocycles. The van der Waals surface area contributed by atoms with Crippen molar-refractivity contribution in [2.75, 3.05) is 6.61 Å². The van der Waals surface area contributed by atoms with Gasteiger partial charge in [0.1, 0.15) is 17.7 Å². The number of hydrazine groups is 1. The molecule has 3 rings (SSSR count). The van der Waals surface area contributed by atoms with Gasteiger partial charge in [-0.3, -0.25) is 9.59 Å². The zero-order valence-electron chi connectivity index (χ0n) is 13.2.